The number of carbonyl (C=O) groups is 1. The van der Waals surface area contributed by atoms with Crippen molar-refractivity contribution in [3.05, 3.63) is 36.3 Å². The number of Topliss-reactive ketones (excluding diaryl/α,β-unsaturated/α-hetero) is 1. The van der Waals surface area contributed by atoms with E-state index in [1.807, 2.05) is 24.3 Å². The Balaban J connectivity index is 2.41. The topological polar surface area (TPSA) is 58.6 Å². The van der Waals surface area contributed by atoms with Gasteiger partial charge in [-0.15, -0.1) is 0 Å². The molecule has 3 rings (SSSR count). The molecule has 16 heavy (non-hydrogen) atoms. The molecule has 2 aromatic heterocycles. The summed E-state index contributed by atoms with van der Waals surface area (Å²) in [5.74, 6) is 0.125. The number of ketones is 1. The maximum absolute atomic E-state index is 11.2. The zero-order chi connectivity index (χ0) is 11.1. The molecule has 0 unspecified atom stereocenters. The van der Waals surface area contributed by atoms with Crippen molar-refractivity contribution in [1.82, 2.24) is 15.0 Å². The van der Waals surface area contributed by atoms with Crippen LogP contribution in [-0.2, 0) is 0 Å². The fourth-order valence-electron chi connectivity index (χ4n) is 1.80. The van der Waals surface area contributed by atoms with Crippen molar-refractivity contribution in [3.63, 3.8) is 0 Å². The molecule has 4 heteroatoms. The van der Waals surface area contributed by atoms with Gasteiger partial charge in [-0.05, 0) is 6.07 Å². The Morgan fingerprint density at radius 2 is 2.06 bits per heavy atom. The molecule has 0 radical (unpaired) electrons. The maximum Gasteiger partial charge on any atom is 0.197 e. The third-order valence-electron chi connectivity index (χ3n) is 2.57. The van der Waals surface area contributed by atoms with Crippen LogP contribution < -0.4 is 0 Å². The highest BCUT2D eigenvalue weighted by molar-refractivity contribution is 6.06. The van der Waals surface area contributed by atoms with E-state index in [9.17, 15) is 4.79 Å². The van der Waals surface area contributed by atoms with E-state index in [-0.39, 0.29) is 11.6 Å². The van der Waals surface area contributed by atoms with Crippen LogP contribution in [-0.4, -0.2) is 20.7 Å². The lowest BCUT2D eigenvalue weighted by atomic mass is 10.2. The van der Waals surface area contributed by atoms with Crippen molar-refractivity contribution in [2.75, 3.05) is 0 Å². The lowest BCUT2D eigenvalue weighted by Gasteiger charge is -1.93. The fourth-order valence-corrected chi connectivity index (χ4v) is 1.80. The van der Waals surface area contributed by atoms with Crippen LogP contribution in [0, 0.1) is 0 Å². The van der Waals surface area contributed by atoms with Crippen molar-refractivity contribution < 1.29 is 4.79 Å². The Hall–Kier alpha value is -2.23. The molecule has 0 fully saturated rings. The molecule has 0 aliphatic rings. The molecule has 0 saturated heterocycles. The summed E-state index contributed by atoms with van der Waals surface area (Å²) in [5, 5.41) is 2.02. The number of para-hydroxylation sites is 1. The summed E-state index contributed by atoms with van der Waals surface area (Å²) in [5.41, 5.74) is 1.72. The normalized spacial score (nSPS) is 11.1. The molecule has 0 bridgehead atoms. The van der Waals surface area contributed by atoms with Crippen molar-refractivity contribution >= 4 is 27.7 Å². The smallest absolute Gasteiger partial charge is 0.197 e. The van der Waals surface area contributed by atoms with E-state index in [0.29, 0.717) is 5.65 Å². The predicted molar refractivity (Wildman–Crippen MR) is 61.4 cm³/mol. The van der Waals surface area contributed by atoms with Crippen LogP contribution >= 0.6 is 0 Å². The minimum atomic E-state index is -0.124. The van der Waals surface area contributed by atoms with Crippen LogP contribution in [0.2, 0.25) is 0 Å². The molecule has 0 amide bonds. The van der Waals surface area contributed by atoms with E-state index < -0.39 is 0 Å². The third kappa shape index (κ3) is 1.20. The van der Waals surface area contributed by atoms with Crippen LogP contribution in [0.15, 0.2) is 30.5 Å². The fraction of sp³-hybridized carbons (Fsp3) is 0.0833. The maximum atomic E-state index is 11.2. The molecule has 1 aromatic carbocycles. The Morgan fingerprint density at radius 3 is 2.88 bits per heavy atom. The van der Waals surface area contributed by atoms with E-state index in [1.54, 1.807) is 6.20 Å². The number of aromatic nitrogens is 3. The van der Waals surface area contributed by atoms with E-state index in [1.165, 1.54) is 6.92 Å². The van der Waals surface area contributed by atoms with Gasteiger partial charge in [-0.3, -0.25) is 4.79 Å². The van der Waals surface area contributed by atoms with Gasteiger partial charge in [-0.25, -0.2) is 9.97 Å². The molecule has 2 heterocycles. The average Bonchev–Trinajstić information content (AvgIpc) is 2.66. The molecule has 0 aliphatic heterocycles. The Bertz CT molecular complexity index is 700. The Kier molecular flexibility index (Phi) is 1.77. The highest BCUT2D eigenvalue weighted by Gasteiger charge is 2.08. The summed E-state index contributed by atoms with van der Waals surface area (Å²) >= 11 is 0. The van der Waals surface area contributed by atoms with Crippen molar-refractivity contribution in [1.29, 1.82) is 0 Å². The number of hydrogen-bond acceptors (Lipinski definition) is 3. The first-order valence-corrected chi connectivity index (χ1v) is 5.00. The first kappa shape index (κ1) is 9.03. The molecule has 4 nitrogen and oxygen atoms in total. The highest BCUT2D eigenvalue weighted by atomic mass is 16.1. The number of H-pyrrole nitrogens is 1. The summed E-state index contributed by atoms with van der Waals surface area (Å²) in [6, 6.07) is 7.90. The molecule has 3 aromatic rings. The van der Waals surface area contributed by atoms with Gasteiger partial charge >= 0.3 is 0 Å². The number of aromatic amines is 1. The van der Waals surface area contributed by atoms with Gasteiger partial charge in [0.15, 0.2) is 11.6 Å². The second kappa shape index (κ2) is 3.13. The Morgan fingerprint density at radius 1 is 1.25 bits per heavy atom. The molecule has 0 spiro atoms. The van der Waals surface area contributed by atoms with Crippen molar-refractivity contribution in [2.24, 2.45) is 0 Å². The first-order chi connectivity index (χ1) is 7.75. The van der Waals surface area contributed by atoms with Gasteiger partial charge in [0.1, 0.15) is 5.65 Å². The van der Waals surface area contributed by atoms with Gasteiger partial charge in [-0.1, -0.05) is 18.2 Å². The standard InChI is InChI=1S/C12H9N3O/c1-7(16)11-13-6-9-8-4-2-3-5-10(8)14-12(9)15-11/h2-6H,1H3,(H,13,14,15). The molecule has 0 aliphatic carbocycles. The number of rotatable bonds is 1. The van der Waals surface area contributed by atoms with Gasteiger partial charge < -0.3 is 4.98 Å². The van der Waals surface area contributed by atoms with Gasteiger partial charge in [-0.2, -0.15) is 0 Å². The number of hydrogen-bond donors (Lipinski definition) is 1. The minimum Gasteiger partial charge on any atom is -0.339 e. The van der Waals surface area contributed by atoms with E-state index in [4.69, 9.17) is 0 Å². The van der Waals surface area contributed by atoms with Crippen LogP contribution in [0.5, 0.6) is 0 Å². The largest absolute Gasteiger partial charge is 0.339 e. The van der Waals surface area contributed by atoms with Gasteiger partial charge in [0, 0.05) is 29.4 Å². The van der Waals surface area contributed by atoms with Crippen molar-refractivity contribution in [2.45, 2.75) is 6.92 Å². The van der Waals surface area contributed by atoms with E-state index in [2.05, 4.69) is 15.0 Å². The quantitative estimate of drug-likeness (QED) is 0.628. The van der Waals surface area contributed by atoms with Gasteiger partial charge in [0.25, 0.3) is 0 Å². The lowest BCUT2D eigenvalue weighted by molar-refractivity contribution is 0.100. The predicted octanol–water partition coefficient (Wildman–Crippen LogP) is 2.31. The van der Waals surface area contributed by atoms with Crippen LogP contribution in [0.25, 0.3) is 21.9 Å². The van der Waals surface area contributed by atoms with Gasteiger partial charge in [0.05, 0.1) is 0 Å². The van der Waals surface area contributed by atoms with Crippen LogP contribution in [0.4, 0.5) is 0 Å². The summed E-state index contributed by atoms with van der Waals surface area (Å²) in [6.45, 7) is 1.46. The summed E-state index contributed by atoms with van der Waals surface area (Å²) in [6.07, 6.45) is 1.69. The molecule has 1 N–H and O–H groups in total. The number of benzene rings is 1. The minimum absolute atomic E-state index is 0.124. The SMILES string of the molecule is CC(=O)c1ncc2c(n1)[nH]c1ccccc12. The molecular formula is C12H9N3O. The first-order valence-electron chi connectivity index (χ1n) is 5.00. The number of carbonyl (C=O) groups excluding carboxylic acids is 1. The van der Waals surface area contributed by atoms with Crippen molar-refractivity contribution in [3.8, 4) is 0 Å². The summed E-state index contributed by atoms with van der Waals surface area (Å²) < 4.78 is 0. The molecule has 78 valence electrons. The van der Waals surface area contributed by atoms with Crippen LogP contribution in [0.1, 0.15) is 17.5 Å². The number of fused-ring (bicyclic) bond motifs is 3. The zero-order valence-electron chi connectivity index (χ0n) is 8.69. The monoisotopic (exact) mass is 211 g/mol. The molecular weight excluding hydrogens is 202 g/mol. The highest BCUT2D eigenvalue weighted by Crippen LogP contribution is 2.22. The Labute approximate surface area is 91.3 Å². The number of nitrogens with one attached hydrogen (secondary N) is 1. The molecule has 0 atom stereocenters. The average molecular weight is 211 g/mol. The summed E-state index contributed by atoms with van der Waals surface area (Å²) in [7, 11) is 0. The third-order valence-corrected chi connectivity index (χ3v) is 2.57. The lowest BCUT2D eigenvalue weighted by Crippen LogP contribution is -1.99. The second-order valence-corrected chi connectivity index (χ2v) is 3.68. The van der Waals surface area contributed by atoms with E-state index in [0.717, 1.165) is 16.3 Å². The van der Waals surface area contributed by atoms with Gasteiger partial charge in [0.2, 0.25) is 0 Å². The van der Waals surface area contributed by atoms with E-state index >= 15 is 0 Å². The number of nitrogens with zero attached hydrogens (tertiary/aromatic N) is 2. The molecule has 0 saturated carbocycles. The van der Waals surface area contributed by atoms with Crippen LogP contribution in [0.3, 0.4) is 0 Å². The zero-order valence-corrected chi connectivity index (χ0v) is 8.69. The second-order valence-electron chi connectivity index (χ2n) is 3.68. The summed E-state index contributed by atoms with van der Waals surface area (Å²) in [4.78, 5) is 22.6.